The van der Waals surface area contributed by atoms with Crippen LogP contribution in [-0.4, -0.2) is 178 Å². The summed E-state index contributed by atoms with van der Waals surface area (Å²) in [6, 6.07) is 5.35. The predicted molar refractivity (Wildman–Crippen MR) is 348 cm³/mol. The first-order chi connectivity index (χ1) is 42.6. The molecule has 496 valence electrons. The highest BCUT2D eigenvalue weighted by molar-refractivity contribution is 7.98. The SMILES string of the molecule is CSCC[C@H](NC[C@H](CC(C)C)NC(=O)[C@H](Cc1cnc[nH]1)NC(=O)CNC(=O)[C@@H](NC(=O)[C@H](C)NC(=O)[C@H](Cc1c[nH]c2ccccc12)NC(=O)[C@H](CCC(N)=O)NC(=O)[C@H](Cc1ccc(N(CCCl)CCCl)cc1)NC(=O)OC(C)(C)C)C(C)C)C(N)=O. The van der Waals surface area contributed by atoms with Crippen LogP contribution in [0.15, 0.2) is 67.3 Å². The van der Waals surface area contributed by atoms with Crippen molar-refractivity contribution < 1.29 is 52.7 Å². The molecule has 8 atom stereocenters. The molecule has 0 spiro atoms. The van der Waals surface area contributed by atoms with Gasteiger partial charge in [-0.15, -0.1) is 23.2 Å². The first-order valence-electron chi connectivity index (χ1n) is 30.0. The van der Waals surface area contributed by atoms with Crippen molar-refractivity contribution in [3.05, 3.63) is 84.1 Å². The molecule has 4 rings (SSSR count). The van der Waals surface area contributed by atoms with E-state index in [0.29, 0.717) is 60.3 Å². The summed E-state index contributed by atoms with van der Waals surface area (Å²) >= 11 is 13.7. The zero-order valence-electron chi connectivity index (χ0n) is 52.7. The number of thioether (sulfide) groups is 1. The van der Waals surface area contributed by atoms with Gasteiger partial charge < -0.3 is 78.9 Å². The highest BCUT2D eigenvalue weighted by atomic mass is 35.5. The first kappa shape index (κ1) is 74.8. The number of amides is 10. The number of alkyl carbamates (subject to hydrolysis) is 1. The minimum atomic E-state index is -1.51. The van der Waals surface area contributed by atoms with Crippen molar-refractivity contribution in [2.75, 3.05) is 54.8 Å². The van der Waals surface area contributed by atoms with Crippen molar-refractivity contribution in [1.82, 2.24) is 62.8 Å². The number of para-hydroxylation sites is 1. The number of anilines is 1. The maximum atomic E-state index is 14.6. The monoisotopic (exact) mass is 1310 g/mol. The summed E-state index contributed by atoms with van der Waals surface area (Å²) in [6.07, 6.45) is 5.71. The van der Waals surface area contributed by atoms with Gasteiger partial charge in [0.1, 0.15) is 41.9 Å². The molecule has 0 saturated heterocycles. The molecular weight excluding hydrogens is 1220 g/mol. The van der Waals surface area contributed by atoms with E-state index in [1.54, 1.807) is 70.8 Å². The zero-order chi connectivity index (χ0) is 66.7. The topological polar surface area (TPSA) is 388 Å². The van der Waals surface area contributed by atoms with Crippen LogP contribution in [0.4, 0.5) is 10.5 Å². The molecule has 15 N–H and O–H groups in total. The van der Waals surface area contributed by atoms with Crippen LogP contribution in [-0.2, 0) is 67.2 Å². The van der Waals surface area contributed by atoms with Crippen molar-refractivity contribution in [3.8, 4) is 0 Å². The fraction of sp³-hybridized carbons (Fsp3) is 0.557. The lowest BCUT2D eigenvalue weighted by molar-refractivity contribution is -0.135. The van der Waals surface area contributed by atoms with Crippen LogP contribution in [0.3, 0.4) is 0 Å². The number of halogens is 2. The molecule has 0 aliphatic heterocycles. The molecule has 0 fully saturated rings. The van der Waals surface area contributed by atoms with Gasteiger partial charge >= 0.3 is 6.09 Å². The van der Waals surface area contributed by atoms with Gasteiger partial charge in [-0.1, -0.05) is 58.0 Å². The van der Waals surface area contributed by atoms with E-state index in [2.05, 4.69) is 62.8 Å². The number of primary amides is 2. The fourth-order valence-electron chi connectivity index (χ4n) is 9.61. The third-order valence-corrected chi connectivity index (χ3v) is 15.2. The minimum Gasteiger partial charge on any atom is -0.444 e. The van der Waals surface area contributed by atoms with Crippen LogP contribution >= 0.6 is 35.0 Å². The van der Waals surface area contributed by atoms with Crippen molar-refractivity contribution >= 4 is 111 Å². The number of H-pyrrole nitrogens is 2. The van der Waals surface area contributed by atoms with Crippen LogP contribution in [0.2, 0.25) is 0 Å². The number of benzene rings is 2. The molecule has 29 heteroatoms. The standard InChI is InChI=1S/C61H91Cl2N15O11S/c1-35(2)26-41(32-68-45(53(65)81)20-25-90-9)72-57(85)49(29-40-31-66-34-70-40)73-51(80)33-69-59(87)52(36(3)4)77-54(82)37(5)71-56(84)48(28-39-30-67-44-13-11-10-12-43(39)44)75-55(83)46(18-19-50(64)79)74-58(86)47(76-60(88)89-61(6,7)8)27-38-14-16-42(17-15-38)78(23-21-62)24-22-63/h10-17,30-31,34-37,41,45-49,52,67-68H,18-29,32-33H2,1-9H3,(H2,64,79)(H2,65,81)(H,66,70)(H,69,87)(H,71,84)(H,72,85)(H,73,80)(H,74,86)(H,75,83)(H,76,88)(H,77,82)/t37-,41-,45-,46-,47-,48-,49-,52-/m0/s1. The van der Waals surface area contributed by atoms with E-state index in [0.717, 1.165) is 16.6 Å². The Morgan fingerprint density at radius 2 is 1.31 bits per heavy atom. The summed E-state index contributed by atoms with van der Waals surface area (Å²) in [5, 5.41) is 25.4. The van der Waals surface area contributed by atoms with Crippen molar-refractivity contribution in [2.45, 2.75) is 154 Å². The predicted octanol–water partition coefficient (Wildman–Crippen LogP) is 2.31. The number of imidazole rings is 1. The Labute approximate surface area is 540 Å². The summed E-state index contributed by atoms with van der Waals surface area (Å²) in [7, 11) is 0. The second-order valence-corrected chi connectivity index (χ2v) is 25.4. The van der Waals surface area contributed by atoms with Crippen molar-refractivity contribution in [3.63, 3.8) is 0 Å². The number of hydrogen-bond donors (Lipinski definition) is 13. The number of carbonyl (C=O) groups is 10. The normalized spacial score (nSPS) is 14.1. The molecule has 0 aliphatic rings. The molecule has 4 aromatic rings. The molecular formula is C61H91Cl2N15O11S. The van der Waals surface area contributed by atoms with E-state index in [9.17, 15) is 47.9 Å². The van der Waals surface area contributed by atoms with Crippen molar-refractivity contribution in [2.24, 2.45) is 23.3 Å². The molecule has 2 heterocycles. The molecule has 2 aromatic heterocycles. The average molecular weight is 1310 g/mol. The third-order valence-electron chi connectivity index (χ3n) is 14.2. The minimum absolute atomic E-state index is 0.0102. The van der Waals surface area contributed by atoms with Crippen LogP contribution in [0.25, 0.3) is 10.9 Å². The number of fused-ring (bicyclic) bond motifs is 1. The maximum Gasteiger partial charge on any atom is 0.408 e. The first-order valence-corrected chi connectivity index (χ1v) is 32.4. The van der Waals surface area contributed by atoms with E-state index in [1.807, 2.05) is 55.3 Å². The molecule has 2 aromatic carbocycles. The second-order valence-electron chi connectivity index (χ2n) is 23.7. The highest BCUT2D eigenvalue weighted by Gasteiger charge is 2.35. The molecule has 0 bridgehead atoms. The Morgan fingerprint density at radius 3 is 1.91 bits per heavy atom. The van der Waals surface area contributed by atoms with Gasteiger partial charge in [0, 0.05) is 97.8 Å². The Morgan fingerprint density at radius 1 is 0.689 bits per heavy atom. The van der Waals surface area contributed by atoms with E-state index in [1.165, 1.54) is 19.4 Å². The summed E-state index contributed by atoms with van der Waals surface area (Å²) < 4.78 is 5.50. The van der Waals surface area contributed by atoms with Gasteiger partial charge in [0.15, 0.2) is 0 Å². The number of nitrogens with one attached hydrogen (secondary N) is 11. The summed E-state index contributed by atoms with van der Waals surface area (Å²) in [5.41, 5.74) is 13.6. The van der Waals surface area contributed by atoms with Gasteiger partial charge in [-0.2, -0.15) is 11.8 Å². The number of aromatic amines is 2. The van der Waals surface area contributed by atoms with Crippen LogP contribution < -0.4 is 64.2 Å². The lowest BCUT2D eigenvalue weighted by Gasteiger charge is -2.27. The third kappa shape index (κ3) is 26.1. The smallest absolute Gasteiger partial charge is 0.408 e. The van der Waals surface area contributed by atoms with E-state index in [4.69, 9.17) is 39.4 Å². The second kappa shape index (κ2) is 37.5. The number of alkyl halides is 2. The summed E-state index contributed by atoms with van der Waals surface area (Å²) in [5.74, 6) is -5.72. The number of hydrogen-bond acceptors (Lipinski definition) is 15. The molecule has 10 amide bonds. The fourth-order valence-corrected chi connectivity index (χ4v) is 10.5. The lowest BCUT2D eigenvalue weighted by atomic mass is 10.0. The maximum absolute atomic E-state index is 14.6. The number of ether oxygens (including phenoxy) is 1. The van der Waals surface area contributed by atoms with E-state index < -0.39 is 126 Å². The molecule has 0 unspecified atom stereocenters. The Balaban J connectivity index is 1.52. The van der Waals surface area contributed by atoms with Crippen molar-refractivity contribution in [1.29, 1.82) is 0 Å². The van der Waals surface area contributed by atoms with Gasteiger partial charge in [-0.05, 0) is 100 Å². The van der Waals surface area contributed by atoms with Gasteiger partial charge in [-0.3, -0.25) is 43.2 Å². The van der Waals surface area contributed by atoms with Gasteiger partial charge in [0.25, 0.3) is 0 Å². The molecule has 0 saturated carbocycles. The highest BCUT2D eigenvalue weighted by Crippen LogP contribution is 2.21. The Bertz CT molecular complexity index is 2990. The quantitative estimate of drug-likeness (QED) is 0.0285. The molecule has 0 radical (unpaired) electrons. The summed E-state index contributed by atoms with van der Waals surface area (Å²) in [4.78, 5) is 149. The number of carbonyl (C=O) groups excluding carboxylic acids is 10. The van der Waals surface area contributed by atoms with Crippen LogP contribution in [0.5, 0.6) is 0 Å². The van der Waals surface area contributed by atoms with Crippen LogP contribution in [0, 0.1) is 11.8 Å². The molecule has 0 aliphatic carbocycles. The summed E-state index contributed by atoms with van der Waals surface area (Å²) in [6.45, 7) is 14.3. The number of nitrogens with zero attached hydrogens (tertiary/aromatic N) is 2. The number of rotatable bonds is 39. The van der Waals surface area contributed by atoms with E-state index in [-0.39, 0.29) is 44.6 Å². The van der Waals surface area contributed by atoms with Gasteiger partial charge in [-0.25, -0.2) is 9.78 Å². The van der Waals surface area contributed by atoms with Crippen LogP contribution in [0.1, 0.15) is 97.9 Å². The zero-order valence-corrected chi connectivity index (χ0v) is 55.1. The largest absolute Gasteiger partial charge is 0.444 e. The Kier molecular flexibility index (Phi) is 31.2. The van der Waals surface area contributed by atoms with Gasteiger partial charge in [0.2, 0.25) is 53.2 Å². The average Bonchev–Trinajstić information content (AvgIpc) is 1.97. The Hall–Kier alpha value is -7.62. The molecule has 26 nitrogen and oxygen atoms in total. The van der Waals surface area contributed by atoms with Gasteiger partial charge in [0.05, 0.1) is 18.9 Å². The number of aromatic nitrogens is 3. The number of nitrogens with two attached hydrogens (primary N) is 2. The lowest BCUT2D eigenvalue weighted by Crippen LogP contribution is -2.60. The van der Waals surface area contributed by atoms with E-state index >= 15 is 0 Å². The molecule has 90 heavy (non-hydrogen) atoms.